The number of carbonyl (C=O) groups is 2. The average Bonchev–Trinajstić information content (AvgIpc) is 2.65. The van der Waals surface area contributed by atoms with E-state index in [9.17, 15) is 22.8 Å². The van der Waals surface area contributed by atoms with Crippen LogP contribution in [0.15, 0.2) is 40.5 Å². The average molecular weight is 333 g/mol. The zero-order chi connectivity index (χ0) is 16.7. The predicted molar refractivity (Wildman–Crippen MR) is 72.8 cm³/mol. The lowest BCUT2D eigenvalue weighted by molar-refractivity contribution is -0.145. The normalized spacial score (nSPS) is 17.6. The number of rotatable bonds is 2. The minimum atomic E-state index is -5.18. The van der Waals surface area contributed by atoms with Crippen LogP contribution in [0.25, 0.3) is 0 Å². The summed E-state index contributed by atoms with van der Waals surface area (Å²) in [5, 5.41) is 13.4. The fourth-order valence-electron chi connectivity index (χ4n) is 1.95. The van der Waals surface area contributed by atoms with Crippen LogP contribution >= 0.6 is 11.6 Å². The molecule has 0 atom stereocenters. The van der Waals surface area contributed by atoms with E-state index < -0.39 is 29.2 Å². The van der Waals surface area contributed by atoms with E-state index in [1.54, 1.807) is 0 Å². The molecule has 9 heteroatoms. The van der Waals surface area contributed by atoms with Crippen LogP contribution in [-0.2, 0) is 9.59 Å². The van der Waals surface area contributed by atoms with Gasteiger partial charge in [-0.1, -0.05) is 17.7 Å². The van der Waals surface area contributed by atoms with E-state index in [1.165, 1.54) is 24.3 Å². The highest BCUT2D eigenvalue weighted by Crippen LogP contribution is 2.34. The van der Waals surface area contributed by atoms with E-state index in [-0.39, 0.29) is 16.4 Å². The number of amides is 1. The van der Waals surface area contributed by atoms with Crippen LogP contribution in [0.2, 0.25) is 5.02 Å². The smallest absolute Gasteiger partial charge is 0.424 e. The Morgan fingerprint density at radius 2 is 2.00 bits per heavy atom. The molecule has 1 amide bonds. The third kappa shape index (κ3) is 2.82. The number of alkyl halides is 3. The van der Waals surface area contributed by atoms with Crippen molar-refractivity contribution in [1.29, 1.82) is 0 Å². The lowest BCUT2D eigenvalue weighted by Crippen LogP contribution is -2.29. The van der Waals surface area contributed by atoms with Gasteiger partial charge in [0.1, 0.15) is 0 Å². The van der Waals surface area contributed by atoms with Gasteiger partial charge < -0.3 is 5.11 Å². The topological polar surface area (TPSA) is 70.0 Å². The van der Waals surface area contributed by atoms with Gasteiger partial charge in [-0.05, 0) is 25.1 Å². The van der Waals surface area contributed by atoms with Crippen molar-refractivity contribution >= 4 is 34.9 Å². The van der Waals surface area contributed by atoms with Crippen LogP contribution in [-0.4, -0.2) is 28.9 Å². The van der Waals surface area contributed by atoms with Crippen LogP contribution in [0.1, 0.15) is 6.92 Å². The van der Waals surface area contributed by atoms with Crippen LogP contribution in [0.3, 0.4) is 0 Å². The lowest BCUT2D eigenvalue weighted by atomic mass is 10.0. The van der Waals surface area contributed by atoms with Gasteiger partial charge in [0.15, 0.2) is 5.57 Å². The first kappa shape index (κ1) is 16.0. The summed E-state index contributed by atoms with van der Waals surface area (Å²) < 4.78 is 38.6. The Bertz CT molecular complexity index is 725. The van der Waals surface area contributed by atoms with Crippen molar-refractivity contribution in [1.82, 2.24) is 0 Å². The Labute approximate surface area is 127 Å². The first-order valence-electron chi connectivity index (χ1n) is 5.83. The molecule has 1 aliphatic heterocycles. The maximum Gasteiger partial charge on any atom is 0.424 e. The summed E-state index contributed by atoms with van der Waals surface area (Å²) in [6.07, 6.45) is -5.18. The first-order valence-corrected chi connectivity index (χ1v) is 6.21. The Morgan fingerprint density at radius 1 is 1.36 bits per heavy atom. The number of hydrogen-bond donors (Lipinski definition) is 1. The molecule has 0 fully saturated rings. The first-order chi connectivity index (χ1) is 10.1. The minimum absolute atomic E-state index is 0.138. The van der Waals surface area contributed by atoms with Crippen LogP contribution in [0.5, 0.6) is 0 Å². The molecule has 1 aliphatic rings. The highest BCUT2D eigenvalue weighted by atomic mass is 35.5. The molecule has 0 bridgehead atoms. The summed E-state index contributed by atoms with van der Waals surface area (Å²) in [4.78, 5) is 23.1. The van der Waals surface area contributed by atoms with Crippen LogP contribution in [0, 0.1) is 0 Å². The number of benzene rings is 1. The summed E-state index contributed by atoms with van der Waals surface area (Å²) >= 11 is 5.76. The highest BCUT2D eigenvalue weighted by molar-refractivity contribution is 6.33. The number of hydrazone groups is 1. The summed E-state index contributed by atoms with van der Waals surface area (Å²) in [5.74, 6) is -3.41. The largest absolute Gasteiger partial charge is 0.478 e. The van der Waals surface area contributed by atoms with Gasteiger partial charge in [-0.25, -0.2) is 4.79 Å². The van der Waals surface area contributed by atoms with Crippen molar-refractivity contribution in [2.24, 2.45) is 5.10 Å². The number of nitrogens with zero attached hydrogens (tertiary/aromatic N) is 2. The monoisotopic (exact) mass is 332 g/mol. The molecule has 116 valence electrons. The standard InChI is InChI=1S/C13H8ClF3N2O3/c1-6-9(10(12(21)22)13(15,16)17)11(20)19(18-6)8-4-2-3-7(14)5-8/h2-5H,1H3,(H,21,22). The van der Waals surface area contributed by atoms with Gasteiger partial charge in [0.2, 0.25) is 0 Å². The number of anilines is 1. The van der Waals surface area contributed by atoms with Crippen molar-refractivity contribution in [3.63, 3.8) is 0 Å². The minimum Gasteiger partial charge on any atom is -0.478 e. The molecule has 1 aromatic rings. The molecule has 1 heterocycles. The van der Waals surface area contributed by atoms with Gasteiger partial charge in [0.25, 0.3) is 5.91 Å². The highest BCUT2D eigenvalue weighted by Gasteiger charge is 2.46. The molecule has 0 saturated heterocycles. The van der Waals surface area contributed by atoms with Crippen molar-refractivity contribution < 1.29 is 27.9 Å². The van der Waals surface area contributed by atoms with E-state index >= 15 is 0 Å². The predicted octanol–water partition coefficient (Wildman–Crippen LogP) is 3.01. The summed E-state index contributed by atoms with van der Waals surface area (Å²) in [5.41, 5.74) is -3.12. The van der Waals surface area contributed by atoms with E-state index in [0.717, 1.165) is 6.92 Å². The third-order valence-corrected chi connectivity index (χ3v) is 3.05. The summed E-state index contributed by atoms with van der Waals surface area (Å²) in [7, 11) is 0. The molecule has 0 unspecified atom stereocenters. The SMILES string of the molecule is CC1=NN(c2cccc(Cl)c2)C(=O)C1=C(C(=O)O)C(F)(F)F. The molecule has 5 nitrogen and oxygen atoms in total. The molecular weight excluding hydrogens is 325 g/mol. The Kier molecular flexibility index (Phi) is 3.97. The van der Waals surface area contributed by atoms with Gasteiger partial charge in [0.05, 0.1) is 17.0 Å². The quantitative estimate of drug-likeness (QED) is 0.846. The van der Waals surface area contributed by atoms with Gasteiger partial charge in [-0.2, -0.15) is 23.3 Å². The number of carboxylic acid groups (broad SMARTS) is 1. The van der Waals surface area contributed by atoms with Gasteiger partial charge in [-0.3, -0.25) is 4.79 Å². The van der Waals surface area contributed by atoms with Crippen LogP contribution < -0.4 is 5.01 Å². The Hall–Kier alpha value is -2.35. The van der Waals surface area contributed by atoms with Gasteiger partial charge in [-0.15, -0.1) is 0 Å². The van der Waals surface area contributed by atoms with Crippen LogP contribution in [0.4, 0.5) is 18.9 Å². The number of hydrogen-bond acceptors (Lipinski definition) is 3. The zero-order valence-corrected chi connectivity index (χ0v) is 11.7. The lowest BCUT2D eigenvalue weighted by Gasteiger charge is -2.13. The molecule has 22 heavy (non-hydrogen) atoms. The molecule has 1 N–H and O–H groups in total. The van der Waals surface area contributed by atoms with Gasteiger partial charge >= 0.3 is 12.1 Å². The Balaban J connectivity index is 2.58. The molecule has 0 saturated carbocycles. The third-order valence-electron chi connectivity index (χ3n) is 2.82. The molecule has 2 rings (SSSR count). The zero-order valence-electron chi connectivity index (χ0n) is 11.0. The number of carboxylic acids is 1. The van der Waals surface area contributed by atoms with Crippen molar-refractivity contribution in [2.75, 3.05) is 5.01 Å². The summed E-state index contributed by atoms with van der Waals surface area (Å²) in [6.45, 7) is 1.13. The van der Waals surface area contributed by atoms with Gasteiger partial charge in [0, 0.05) is 5.02 Å². The second kappa shape index (κ2) is 5.45. The van der Waals surface area contributed by atoms with Crippen molar-refractivity contribution in [2.45, 2.75) is 13.1 Å². The number of halogens is 4. The molecule has 0 spiro atoms. The molecule has 1 aromatic carbocycles. The Morgan fingerprint density at radius 3 is 2.50 bits per heavy atom. The van der Waals surface area contributed by atoms with E-state index in [0.29, 0.717) is 5.01 Å². The van der Waals surface area contributed by atoms with E-state index in [2.05, 4.69) is 5.10 Å². The second-order valence-corrected chi connectivity index (χ2v) is 4.77. The summed E-state index contributed by atoms with van der Waals surface area (Å²) in [6, 6.07) is 5.74. The fourth-order valence-corrected chi connectivity index (χ4v) is 2.13. The fraction of sp³-hybridized carbons (Fsp3) is 0.154. The maximum atomic E-state index is 12.9. The van der Waals surface area contributed by atoms with E-state index in [1.807, 2.05) is 0 Å². The van der Waals surface area contributed by atoms with Crippen molar-refractivity contribution in [3.05, 3.63) is 40.4 Å². The number of aliphatic carboxylic acids is 1. The second-order valence-electron chi connectivity index (χ2n) is 4.34. The maximum absolute atomic E-state index is 12.9. The molecule has 0 radical (unpaired) electrons. The van der Waals surface area contributed by atoms with E-state index in [4.69, 9.17) is 16.7 Å². The molecular formula is C13H8ClF3N2O3. The molecule has 0 aromatic heterocycles. The molecule has 0 aliphatic carbocycles. The number of carbonyl (C=O) groups excluding carboxylic acids is 1. The van der Waals surface area contributed by atoms with Crippen molar-refractivity contribution in [3.8, 4) is 0 Å².